The normalized spacial score (nSPS) is 16.6. The number of fused-ring (bicyclic) bond motifs is 1. The Labute approximate surface area is 123 Å². The van der Waals surface area contributed by atoms with Gasteiger partial charge in [-0.05, 0) is 50.6 Å². The van der Waals surface area contributed by atoms with E-state index in [9.17, 15) is 4.39 Å². The SMILES string of the molecule is CCNC(C1=CCCCO1)c1oc2ccc(F)cc2c1C. The first-order valence-electron chi connectivity index (χ1n) is 7.45. The van der Waals surface area contributed by atoms with Gasteiger partial charge >= 0.3 is 0 Å². The molecule has 0 aliphatic carbocycles. The maximum absolute atomic E-state index is 13.4. The van der Waals surface area contributed by atoms with Gasteiger partial charge in [0.05, 0.1) is 6.61 Å². The molecule has 3 rings (SSSR count). The van der Waals surface area contributed by atoms with Crippen LogP contribution in [0.15, 0.2) is 34.5 Å². The lowest BCUT2D eigenvalue weighted by atomic mass is 10.0. The van der Waals surface area contributed by atoms with Crippen LogP contribution in [-0.2, 0) is 4.74 Å². The minimum atomic E-state index is -0.244. The smallest absolute Gasteiger partial charge is 0.134 e. The molecule has 0 saturated carbocycles. The Balaban J connectivity index is 2.06. The molecule has 21 heavy (non-hydrogen) atoms. The zero-order valence-corrected chi connectivity index (χ0v) is 12.4. The highest BCUT2D eigenvalue weighted by molar-refractivity contribution is 5.82. The van der Waals surface area contributed by atoms with Crippen LogP contribution in [0, 0.1) is 12.7 Å². The Morgan fingerprint density at radius 1 is 1.38 bits per heavy atom. The molecule has 4 heteroatoms. The van der Waals surface area contributed by atoms with Gasteiger partial charge in [-0.3, -0.25) is 0 Å². The summed E-state index contributed by atoms with van der Waals surface area (Å²) in [5, 5.41) is 4.23. The fourth-order valence-corrected chi connectivity index (χ4v) is 2.79. The third kappa shape index (κ3) is 2.68. The molecule has 1 atom stereocenters. The van der Waals surface area contributed by atoms with Gasteiger partial charge in [-0.25, -0.2) is 4.39 Å². The van der Waals surface area contributed by atoms with E-state index >= 15 is 0 Å². The first-order valence-corrected chi connectivity index (χ1v) is 7.45. The monoisotopic (exact) mass is 289 g/mol. The molecule has 0 fully saturated rings. The van der Waals surface area contributed by atoms with Crippen molar-refractivity contribution in [1.29, 1.82) is 0 Å². The number of benzene rings is 1. The summed E-state index contributed by atoms with van der Waals surface area (Å²) in [7, 11) is 0. The predicted molar refractivity (Wildman–Crippen MR) is 80.6 cm³/mol. The molecule has 1 N–H and O–H groups in total. The number of aryl methyl sites for hydroxylation is 1. The first kappa shape index (κ1) is 14.1. The third-order valence-electron chi connectivity index (χ3n) is 3.85. The summed E-state index contributed by atoms with van der Waals surface area (Å²) in [6.07, 6.45) is 4.18. The molecule has 0 bridgehead atoms. The van der Waals surface area contributed by atoms with Crippen LogP contribution >= 0.6 is 0 Å². The lowest BCUT2D eigenvalue weighted by molar-refractivity contribution is 0.162. The average molecular weight is 289 g/mol. The van der Waals surface area contributed by atoms with Crippen LogP contribution in [0.3, 0.4) is 0 Å². The summed E-state index contributed by atoms with van der Waals surface area (Å²) < 4.78 is 25.2. The van der Waals surface area contributed by atoms with Gasteiger partial charge in [0.1, 0.15) is 29.0 Å². The van der Waals surface area contributed by atoms with Crippen molar-refractivity contribution < 1.29 is 13.5 Å². The molecule has 0 radical (unpaired) electrons. The van der Waals surface area contributed by atoms with Gasteiger partial charge in [-0.2, -0.15) is 0 Å². The molecule has 112 valence electrons. The van der Waals surface area contributed by atoms with E-state index in [-0.39, 0.29) is 11.9 Å². The molecule has 0 saturated heterocycles. The van der Waals surface area contributed by atoms with Gasteiger partial charge in [0.15, 0.2) is 0 Å². The minimum absolute atomic E-state index is 0.106. The van der Waals surface area contributed by atoms with Crippen LogP contribution in [0.1, 0.15) is 37.1 Å². The standard InChI is InChI=1S/C17H20FNO2/c1-3-19-16(15-6-4-5-9-20-15)17-11(2)13-10-12(18)7-8-14(13)21-17/h6-8,10,16,19H,3-5,9H2,1-2H3. The first-order chi connectivity index (χ1) is 10.2. The number of allylic oxidation sites excluding steroid dienone is 1. The highest BCUT2D eigenvalue weighted by Crippen LogP contribution is 2.34. The summed E-state index contributed by atoms with van der Waals surface area (Å²) in [6.45, 7) is 5.56. The lowest BCUT2D eigenvalue weighted by Crippen LogP contribution is -2.25. The van der Waals surface area contributed by atoms with Crippen molar-refractivity contribution in [3.8, 4) is 0 Å². The van der Waals surface area contributed by atoms with E-state index in [0.29, 0.717) is 5.58 Å². The van der Waals surface area contributed by atoms with Gasteiger partial charge in [0.2, 0.25) is 0 Å². The largest absolute Gasteiger partial charge is 0.496 e. The molecule has 0 spiro atoms. The van der Waals surface area contributed by atoms with Crippen molar-refractivity contribution in [3.63, 3.8) is 0 Å². The van der Waals surface area contributed by atoms with Crippen molar-refractivity contribution in [1.82, 2.24) is 5.32 Å². The van der Waals surface area contributed by atoms with Crippen LogP contribution in [0.5, 0.6) is 0 Å². The Kier molecular flexibility index (Phi) is 3.97. The van der Waals surface area contributed by atoms with Gasteiger partial charge in [-0.1, -0.05) is 6.92 Å². The van der Waals surface area contributed by atoms with Gasteiger partial charge in [0, 0.05) is 10.9 Å². The van der Waals surface area contributed by atoms with E-state index in [2.05, 4.69) is 11.4 Å². The Bertz CT molecular complexity index is 675. The van der Waals surface area contributed by atoms with Crippen LogP contribution in [0.25, 0.3) is 11.0 Å². The molecule has 1 aromatic carbocycles. The van der Waals surface area contributed by atoms with E-state index in [1.807, 2.05) is 13.8 Å². The van der Waals surface area contributed by atoms with Crippen LogP contribution in [0.4, 0.5) is 4.39 Å². The predicted octanol–water partition coefficient (Wildman–Crippen LogP) is 4.23. The highest BCUT2D eigenvalue weighted by Gasteiger charge is 2.25. The van der Waals surface area contributed by atoms with E-state index in [1.54, 1.807) is 6.07 Å². The molecule has 1 aliphatic heterocycles. The van der Waals surface area contributed by atoms with Crippen molar-refractivity contribution in [2.45, 2.75) is 32.7 Å². The number of rotatable bonds is 4. The van der Waals surface area contributed by atoms with Gasteiger partial charge < -0.3 is 14.5 Å². The van der Waals surface area contributed by atoms with Crippen molar-refractivity contribution in [2.75, 3.05) is 13.2 Å². The van der Waals surface area contributed by atoms with Crippen molar-refractivity contribution in [3.05, 3.63) is 47.2 Å². The summed E-state index contributed by atoms with van der Waals surface area (Å²) in [5.41, 5.74) is 1.67. The molecule has 2 heterocycles. The summed E-state index contributed by atoms with van der Waals surface area (Å²) in [4.78, 5) is 0. The molecule has 1 unspecified atom stereocenters. The summed E-state index contributed by atoms with van der Waals surface area (Å²) in [5.74, 6) is 1.47. The summed E-state index contributed by atoms with van der Waals surface area (Å²) in [6, 6.07) is 4.52. The zero-order chi connectivity index (χ0) is 14.8. The zero-order valence-electron chi connectivity index (χ0n) is 12.4. The van der Waals surface area contributed by atoms with E-state index in [1.165, 1.54) is 12.1 Å². The quantitative estimate of drug-likeness (QED) is 0.915. The van der Waals surface area contributed by atoms with Crippen molar-refractivity contribution in [2.24, 2.45) is 0 Å². The van der Waals surface area contributed by atoms with E-state index in [0.717, 1.165) is 48.5 Å². The average Bonchev–Trinajstić information content (AvgIpc) is 2.82. The molecule has 0 amide bonds. The second kappa shape index (κ2) is 5.90. The maximum Gasteiger partial charge on any atom is 0.134 e. The van der Waals surface area contributed by atoms with Gasteiger partial charge in [-0.15, -0.1) is 0 Å². The van der Waals surface area contributed by atoms with Crippen LogP contribution in [-0.4, -0.2) is 13.2 Å². The molecule has 1 aliphatic rings. The fourth-order valence-electron chi connectivity index (χ4n) is 2.79. The van der Waals surface area contributed by atoms with E-state index in [4.69, 9.17) is 9.15 Å². The van der Waals surface area contributed by atoms with Crippen LogP contribution in [0.2, 0.25) is 0 Å². The Morgan fingerprint density at radius 2 is 2.24 bits per heavy atom. The Hall–Kier alpha value is -1.81. The lowest BCUT2D eigenvalue weighted by Gasteiger charge is -2.23. The highest BCUT2D eigenvalue weighted by atomic mass is 19.1. The van der Waals surface area contributed by atoms with Gasteiger partial charge in [0.25, 0.3) is 0 Å². The second-order valence-corrected chi connectivity index (χ2v) is 5.32. The molecule has 3 nitrogen and oxygen atoms in total. The molecule has 2 aromatic rings. The molecule has 1 aromatic heterocycles. The number of nitrogens with one attached hydrogen (secondary N) is 1. The maximum atomic E-state index is 13.4. The fraction of sp³-hybridized carbons (Fsp3) is 0.412. The number of hydrogen-bond acceptors (Lipinski definition) is 3. The number of ether oxygens (including phenoxy) is 1. The third-order valence-corrected chi connectivity index (χ3v) is 3.85. The Morgan fingerprint density at radius 3 is 2.95 bits per heavy atom. The number of halogens is 1. The topological polar surface area (TPSA) is 34.4 Å². The molecular formula is C17H20FNO2. The number of likely N-dealkylation sites (N-methyl/N-ethyl adjacent to an activating group) is 1. The number of hydrogen-bond donors (Lipinski definition) is 1. The van der Waals surface area contributed by atoms with Crippen molar-refractivity contribution >= 4 is 11.0 Å². The van der Waals surface area contributed by atoms with Crippen LogP contribution < -0.4 is 5.32 Å². The van der Waals surface area contributed by atoms with E-state index < -0.39 is 0 Å². The second-order valence-electron chi connectivity index (χ2n) is 5.32. The number of furan rings is 1. The molecular weight excluding hydrogens is 269 g/mol. The summed E-state index contributed by atoms with van der Waals surface area (Å²) >= 11 is 0. The minimum Gasteiger partial charge on any atom is -0.496 e.